The maximum atomic E-state index is 12.3. The van der Waals surface area contributed by atoms with Gasteiger partial charge in [-0.15, -0.1) is 10.2 Å². The summed E-state index contributed by atoms with van der Waals surface area (Å²) in [5.41, 5.74) is 1.61. The Balaban J connectivity index is 1.60. The first-order valence-electron chi connectivity index (χ1n) is 7.30. The van der Waals surface area contributed by atoms with Crippen molar-refractivity contribution < 1.29 is 9.53 Å². The van der Waals surface area contributed by atoms with Gasteiger partial charge in [-0.2, -0.15) is 0 Å². The summed E-state index contributed by atoms with van der Waals surface area (Å²) in [5.74, 6) is 1.11. The molecule has 0 fully saturated rings. The second-order valence-corrected chi connectivity index (χ2v) is 7.61. The summed E-state index contributed by atoms with van der Waals surface area (Å²) < 4.78 is 5.90. The van der Waals surface area contributed by atoms with Crippen LogP contribution in [0.25, 0.3) is 0 Å². The lowest BCUT2D eigenvalue weighted by Crippen LogP contribution is -2.11. The number of hydrogen-bond donors (Lipinski definition) is 1. The van der Waals surface area contributed by atoms with Crippen LogP contribution in [-0.4, -0.2) is 23.2 Å². The molecule has 5 nitrogen and oxygen atoms in total. The first kappa shape index (κ1) is 17.7. The number of thioether (sulfide) groups is 1. The Kier molecular flexibility index (Phi) is 5.91. The minimum Gasteiger partial charge on any atom is -0.497 e. The van der Waals surface area contributed by atoms with E-state index in [4.69, 9.17) is 16.3 Å². The molecule has 2 aromatic carbocycles. The number of amides is 1. The monoisotopic (exact) mass is 391 g/mol. The molecular formula is C17H14ClN3O2S2. The minimum absolute atomic E-state index is 0.249. The summed E-state index contributed by atoms with van der Waals surface area (Å²) in [6, 6.07) is 14.6. The molecule has 0 aliphatic carbocycles. The second-order valence-electron chi connectivity index (χ2n) is 4.98. The van der Waals surface area contributed by atoms with Crippen molar-refractivity contribution in [2.45, 2.75) is 10.1 Å². The number of methoxy groups -OCH3 is 1. The Hall–Kier alpha value is -2.09. The number of aromatic nitrogens is 2. The van der Waals surface area contributed by atoms with E-state index in [2.05, 4.69) is 15.5 Å². The third-order valence-corrected chi connectivity index (χ3v) is 5.49. The summed E-state index contributed by atoms with van der Waals surface area (Å²) in [5, 5.41) is 12.0. The molecule has 0 unspecified atom stereocenters. The van der Waals surface area contributed by atoms with Crippen LogP contribution >= 0.6 is 34.7 Å². The van der Waals surface area contributed by atoms with Gasteiger partial charge in [-0.1, -0.05) is 52.9 Å². The number of nitrogens with zero attached hydrogens (tertiary/aromatic N) is 2. The third kappa shape index (κ3) is 4.94. The number of halogens is 1. The van der Waals surface area contributed by atoms with Crippen molar-refractivity contribution in [3.8, 4) is 5.75 Å². The van der Waals surface area contributed by atoms with Gasteiger partial charge in [0.25, 0.3) is 5.91 Å². The normalized spacial score (nSPS) is 10.5. The maximum absolute atomic E-state index is 12.3. The molecule has 1 N–H and O–H groups in total. The average molecular weight is 392 g/mol. The molecule has 1 heterocycles. The van der Waals surface area contributed by atoms with Gasteiger partial charge in [-0.05, 0) is 35.9 Å². The predicted molar refractivity (Wildman–Crippen MR) is 102 cm³/mol. The van der Waals surface area contributed by atoms with Gasteiger partial charge in [-0.3, -0.25) is 10.1 Å². The molecule has 128 valence electrons. The number of carbonyl (C=O) groups excluding carboxylic acids is 1. The Morgan fingerprint density at radius 2 is 2.08 bits per heavy atom. The molecule has 8 heteroatoms. The van der Waals surface area contributed by atoms with E-state index < -0.39 is 0 Å². The molecule has 0 spiro atoms. The molecule has 0 aliphatic heterocycles. The highest BCUT2D eigenvalue weighted by Crippen LogP contribution is 2.29. The van der Waals surface area contributed by atoms with Gasteiger partial charge in [0.15, 0.2) is 4.34 Å². The fraction of sp³-hybridized carbons (Fsp3) is 0.118. The number of benzene rings is 2. The molecule has 0 aliphatic rings. The lowest BCUT2D eigenvalue weighted by Gasteiger charge is -2.03. The van der Waals surface area contributed by atoms with Crippen molar-refractivity contribution >= 4 is 45.7 Å². The third-order valence-electron chi connectivity index (χ3n) is 3.21. The van der Waals surface area contributed by atoms with E-state index in [1.807, 2.05) is 24.3 Å². The van der Waals surface area contributed by atoms with Crippen molar-refractivity contribution in [3.05, 3.63) is 64.7 Å². The zero-order valence-corrected chi connectivity index (χ0v) is 15.6. The number of anilines is 1. The van der Waals surface area contributed by atoms with E-state index in [0.717, 1.165) is 15.7 Å². The molecule has 0 atom stereocenters. The van der Waals surface area contributed by atoms with Crippen LogP contribution in [0.3, 0.4) is 0 Å². The van der Waals surface area contributed by atoms with Crippen LogP contribution in [0.2, 0.25) is 5.02 Å². The summed E-state index contributed by atoms with van der Waals surface area (Å²) in [4.78, 5) is 12.3. The zero-order valence-electron chi connectivity index (χ0n) is 13.2. The molecule has 0 saturated heterocycles. The van der Waals surface area contributed by atoms with E-state index in [-0.39, 0.29) is 5.91 Å². The van der Waals surface area contributed by atoms with Crippen molar-refractivity contribution in [3.63, 3.8) is 0 Å². The second kappa shape index (κ2) is 8.33. The largest absolute Gasteiger partial charge is 0.497 e. The molecule has 3 aromatic rings. The SMILES string of the molecule is COc1cccc(C(=O)Nc2nnc(SCc3cccc(Cl)c3)s2)c1. The Labute approximate surface area is 158 Å². The highest BCUT2D eigenvalue weighted by atomic mass is 35.5. The van der Waals surface area contributed by atoms with Gasteiger partial charge < -0.3 is 4.74 Å². The van der Waals surface area contributed by atoms with E-state index in [1.165, 1.54) is 11.3 Å². The molecule has 3 rings (SSSR count). The van der Waals surface area contributed by atoms with Gasteiger partial charge in [0.2, 0.25) is 5.13 Å². The van der Waals surface area contributed by atoms with Crippen molar-refractivity contribution in [1.82, 2.24) is 10.2 Å². The van der Waals surface area contributed by atoms with Gasteiger partial charge in [0.05, 0.1) is 7.11 Å². The molecule has 0 radical (unpaired) electrons. The Bertz CT molecular complexity index is 886. The first-order valence-corrected chi connectivity index (χ1v) is 9.48. The van der Waals surface area contributed by atoms with Crippen molar-refractivity contribution in [1.29, 1.82) is 0 Å². The Morgan fingerprint density at radius 1 is 1.24 bits per heavy atom. The summed E-state index contributed by atoms with van der Waals surface area (Å²) >= 11 is 8.86. The lowest BCUT2D eigenvalue weighted by atomic mass is 10.2. The van der Waals surface area contributed by atoms with Gasteiger partial charge in [0, 0.05) is 16.3 Å². The number of carbonyl (C=O) groups is 1. The lowest BCUT2D eigenvalue weighted by molar-refractivity contribution is 0.102. The summed E-state index contributed by atoms with van der Waals surface area (Å²) in [6.45, 7) is 0. The van der Waals surface area contributed by atoms with E-state index in [0.29, 0.717) is 21.5 Å². The standard InChI is InChI=1S/C17H14ClN3O2S2/c1-23-14-7-3-5-12(9-14)15(22)19-16-20-21-17(25-16)24-10-11-4-2-6-13(18)8-11/h2-9H,10H2,1H3,(H,19,20,22). The smallest absolute Gasteiger partial charge is 0.257 e. The fourth-order valence-corrected chi connectivity index (χ4v) is 3.93. The van der Waals surface area contributed by atoms with Crippen LogP contribution < -0.4 is 10.1 Å². The summed E-state index contributed by atoms with van der Waals surface area (Å²) in [7, 11) is 1.56. The van der Waals surface area contributed by atoms with Crippen LogP contribution in [-0.2, 0) is 5.75 Å². The van der Waals surface area contributed by atoms with Crippen LogP contribution in [0.15, 0.2) is 52.9 Å². The highest BCUT2D eigenvalue weighted by Gasteiger charge is 2.11. The maximum Gasteiger partial charge on any atom is 0.257 e. The van der Waals surface area contributed by atoms with Crippen LogP contribution in [0.1, 0.15) is 15.9 Å². The van der Waals surface area contributed by atoms with Gasteiger partial charge in [-0.25, -0.2) is 0 Å². The van der Waals surface area contributed by atoms with Crippen LogP contribution in [0.5, 0.6) is 5.75 Å². The fourth-order valence-electron chi connectivity index (χ4n) is 2.02. The van der Waals surface area contributed by atoms with Crippen LogP contribution in [0, 0.1) is 0 Å². The predicted octanol–water partition coefficient (Wildman–Crippen LogP) is 4.74. The zero-order chi connectivity index (χ0) is 17.6. The minimum atomic E-state index is -0.249. The molecule has 1 amide bonds. The number of ether oxygens (including phenoxy) is 1. The number of nitrogens with one attached hydrogen (secondary N) is 1. The van der Waals surface area contributed by atoms with Gasteiger partial charge in [0.1, 0.15) is 5.75 Å². The van der Waals surface area contributed by atoms with E-state index in [9.17, 15) is 4.79 Å². The van der Waals surface area contributed by atoms with E-state index >= 15 is 0 Å². The van der Waals surface area contributed by atoms with E-state index in [1.54, 1.807) is 43.1 Å². The number of hydrogen-bond acceptors (Lipinski definition) is 6. The molecule has 0 bridgehead atoms. The van der Waals surface area contributed by atoms with Crippen molar-refractivity contribution in [2.24, 2.45) is 0 Å². The Morgan fingerprint density at radius 3 is 2.88 bits per heavy atom. The summed E-state index contributed by atoms with van der Waals surface area (Å²) in [6.07, 6.45) is 0. The topological polar surface area (TPSA) is 64.1 Å². The molecular weight excluding hydrogens is 378 g/mol. The average Bonchev–Trinajstić information content (AvgIpc) is 3.07. The molecule has 1 aromatic heterocycles. The number of rotatable bonds is 6. The van der Waals surface area contributed by atoms with Crippen molar-refractivity contribution in [2.75, 3.05) is 12.4 Å². The molecule has 0 saturated carbocycles. The van der Waals surface area contributed by atoms with Crippen LogP contribution in [0.4, 0.5) is 5.13 Å². The quantitative estimate of drug-likeness (QED) is 0.485. The first-order chi connectivity index (χ1) is 12.1. The highest BCUT2D eigenvalue weighted by molar-refractivity contribution is 8.00. The van der Waals surface area contributed by atoms with Gasteiger partial charge >= 0.3 is 0 Å². The molecule has 25 heavy (non-hydrogen) atoms.